The number of aryl methyl sites for hydroxylation is 1. The predicted octanol–water partition coefficient (Wildman–Crippen LogP) is 1.84. The molecular formula is C21H32N6O4. The molecule has 4 aliphatic heterocycles. The first kappa shape index (κ1) is 20.4. The Balaban J connectivity index is 1.14. The van der Waals surface area contributed by atoms with E-state index in [0.29, 0.717) is 19.1 Å². The van der Waals surface area contributed by atoms with Crippen LogP contribution in [0.5, 0.6) is 0 Å². The van der Waals surface area contributed by atoms with Crippen molar-refractivity contribution in [3.05, 3.63) is 11.8 Å². The third-order valence-corrected chi connectivity index (χ3v) is 6.31. The number of hydrogen-bond donors (Lipinski definition) is 1. The summed E-state index contributed by atoms with van der Waals surface area (Å²) in [6.07, 6.45) is 4.50. The first-order valence-electron chi connectivity index (χ1n) is 11.2. The highest BCUT2D eigenvalue weighted by molar-refractivity contribution is 5.84. The van der Waals surface area contributed by atoms with E-state index in [-0.39, 0.29) is 18.2 Å². The van der Waals surface area contributed by atoms with Crippen LogP contribution in [0.25, 0.3) is 0 Å². The Morgan fingerprint density at radius 2 is 2.00 bits per heavy atom. The number of nitrogens with one attached hydrogen (secondary N) is 1. The molecule has 4 aliphatic rings. The van der Waals surface area contributed by atoms with E-state index in [1.807, 2.05) is 27.0 Å². The van der Waals surface area contributed by atoms with Crippen molar-refractivity contribution in [2.24, 2.45) is 5.16 Å². The third-order valence-electron chi connectivity index (χ3n) is 6.31. The molecule has 31 heavy (non-hydrogen) atoms. The molecule has 1 amide bonds. The average Bonchev–Trinajstić information content (AvgIpc) is 3.33. The smallest absolute Gasteiger partial charge is 0.410 e. The van der Waals surface area contributed by atoms with Crippen LogP contribution < -0.4 is 5.32 Å². The molecule has 10 nitrogen and oxygen atoms in total. The van der Waals surface area contributed by atoms with Crippen molar-refractivity contribution in [2.45, 2.75) is 63.8 Å². The number of carbonyl (C=O) groups is 1. The minimum Gasteiger partial charge on any atom is -0.444 e. The summed E-state index contributed by atoms with van der Waals surface area (Å²) in [4.78, 5) is 22.1. The number of ether oxygens (including phenoxy) is 2. The van der Waals surface area contributed by atoms with Crippen LogP contribution in [0.15, 0.2) is 11.4 Å². The van der Waals surface area contributed by atoms with Gasteiger partial charge in [0.25, 0.3) is 0 Å². The first-order chi connectivity index (χ1) is 14.9. The van der Waals surface area contributed by atoms with Gasteiger partial charge in [0.2, 0.25) is 0 Å². The summed E-state index contributed by atoms with van der Waals surface area (Å²) in [6, 6.07) is 0.529. The Hall–Kier alpha value is -2.49. The lowest BCUT2D eigenvalue weighted by Gasteiger charge is -2.36. The second-order valence-electron chi connectivity index (χ2n) is 9.75. The zero-order valence-electron chi connectivity index (χ0n) is 18.5. The topological polar surface area (TPSA) is 93.5 Å². The molecular weight excluding hydrogens is 400 g/mol. The van der Waals surface area contributed by atoms with Gasteiger partial charge in [-0.05, 0) is 33.6 Å². The van der Waals surface area contributed by atoms with E-state index in [1.165, 1.54) is 5.56 Å². The normalized spacial score (nSPS) is 26.5. The second kappa shape index (κ2) is 7.89. The van der Waals surface area contributed by atoms with Gasteiger partial charge in [0.1, 0.15) is 23.3 Å². The first-order valence-corrected chi connectivity index (χ1v) is 11.2. The standard InChI is InChI=1S/C21H32N6O4/c1-21(2,3)30-20(28)26-8-6-25(7-9-26)18-10-17(31-24-18)16-5-4-14-11-22-27(19(14)23-16)15-12-29-13-15/h11,15-17,23H,4-10,12-13H2,1-3H3. The summed E-state index contributed by atoms with van der Waals surface area (Å²) in [5.41, 5.74) is 0.791. The summed E-state index contributed by atoms with van der Waals surface area (Å²) in [5, 5.41) is 12.6. The van der Waals surface area contributed by atoms with Crippen LogP contribution in [-0.2, 0) is 20.7 Å². The summed E-state index contributed by atoms with van der Waals surface area (Å²) in [5.74, 6) is 2.08. The zero-order valence-corrected chi connectivity index (χ0v) is 18.5. The fourth-order valence-electron chi connectivity index (χ4n) is 4.48. The van der Waals surface area contributed by atoms with Gasteiger partial charge in [-0.15, -0.1) is 0 Å². The molecule has 2 atom stereocenters. The van der Waals surface area contributed by atoms with Gasteiger partial charge in [-0.1, -0.05) is 5.16 Å². The van der Waals surface area contributed by atoms with Gasteiger partial charge in [0.05, 0.1) is 31.9 Å². The van der Waals surface area contributed by atoms with Gasteiger partial charge in [0.15, 0.2) is 6.10 Å². The van der Waals surface area contributed by atoms with Crippen LogP contribution in [0.1, 0.15) is 45.2 Å². The molecule has 1 aromatic heterocycles. The summed E-state index contributed by atoms with van der Waals surface area (Å²) >= 11 is 0. The number of oxime groups is 1. The monoisotopic (exact) mass is 432 g/mol. The van der Waals surface area contributed by atoms with E-state index in [2.05, 4.69) is 25.2 Å². The minimum atomic E-state index is -0.473. The van der Waals surface area contributed by atoms with E-state index in [9.17, 15) is 4.79 Å². The number of rotatable bonds is 2. The molecule has 2 fully saturated rings. The molecule has 170 valence electrons. The Bertz CT molecular complexity index is 851. The van der Waals surface area contributed by atoms with Crippen LogP contribution in [0.3, 0.4) is 0 Å². The van der Waals surface area contributed by atoms with E-state index in [4.69, 9.17) is 14.3 Å². The maximum absolute atomic E-state index is 12.3. The number of amides is 1. The number of fused-ring (bicyclic) bond motifs is 1. The van der Waals surface area contributed by atoms with Gasteiger partial charge in [-0.25, -0.2) is 9.48 Å². The summed E-state index contributed by atoms with van der Waals surface area (Å²) in [7, 11) is 0. The SMILES string of the molecule is CC(C)(C)OC(=O)N1CCN(C2=NOC(C3CCc4cnn(C5COC5)c4N3)C2)CC1. The highest BCUT2D eigenvalue weighted by Crippen LogP contribution is 2.33. The maximum atomic E-state index is 12.3. The largest absolute Gasteiger partial charge is 0.444 e. The molecule has 0 radical (unpaired) electrons. The summed E-state index contributed by atoms with van der Waals surface area (Å²) < 4.78 is 12.9. The molecule has 5 heterocycles. The van der Waals surface area contributed by atoms with E-state index in [1.54, 1.807) is 4.90 Å². The zero-order chi connectivity index (χ0) is 21.6. The molecule has 5 rings (SSSR count). The molecule has 2 saturated heterocycles. The van der Waals surface area contributed by atoms with Crippen LogP contribution in [0.2, 0.25) is 0 Å². The highest BCUT2D eigenvalue weighted by atomic mass is 16.6. The van der Waals surface area contributed by atoms with Crippen LogP contribution in [0.4, 0.5) is 10.6 Å². The Morgan fingerprint density at radius 1 is 1.23 bits per heavy atom. The lowest BCUT2D eigenvalue weighted by Crippen LogP contribution is -2.51. The number of anilines is 1. The number of nitrogens with zero attached hydrogens (tertiary/aromatic N) is 5. The molecule has 0 saturated carbocycles. The van der Waals surface area contributed by atoms with Crippen molar-refractivity contribution in [1.29, 1.82) is 0 Å². The van der Waals surface area contributed by atoms with Gasteiger partial charge < -0.3 is 29.4 Å². The molecule has 1 N–H and O–H groups in total. The fourth-order valence-corrected chi connectivity index (χ4v) is 4.48. The lowest BCUT2D eigenvalue weighted by atomic mass is 9.96. The molecule has 2 unspecified atom stereocenters. The van der Waals surface area contributed by atoms with Gasteiger partial charge in [-0.3, -0.25) is 0 Å². The maximum Gasteiger partial charge on any atom is 0.410 e. The number of aromatic nitrogens is 2. The van der Waals surface area contributed by atoms with Crippen LogP contribution in [-0.4, -0.2) is 88.6 Å². The van der Waals surface area contributed by atoms with Crippen molar-refractivity contribution in [2.75, 3.05) is 44.7 Å². The third kappa shape index (κ3) is 4.17. The number of piperazine rings is 1. The molecule has 0 spiro atoms. The Labute approximate surface area is 182 Å². The molecule has 0 bridgehead atoms. The lowest BCUT2D eigenvalue weighted by molar-refractivity contribution is -0.0279. The second-order valence-corrected chi connectivity index (χ2v) is 9.75. The highest BCUT2D eigenvalue weighted by Gasteiger charge is 2.37. The van der Waals surface area contributed by atoms with Crippen molar-refractivity contribution in [3.8, 4) is 0 Å². The van der Waals surface area contributed by atoms with Gasteiger partial charge in [-0.2, -0.15) is 5.10 Å². The van der Waals surface area contributed by atoms with Crippen molar-refractivity contribution < 1.29 is 19.1 Å². The Morgan fingerprint density at radius 3 is 2.68 bits per heavy atom. The quantitative estimate of drug-likeness (QED) is 0.762. The molecule has 1 aromatic rings. The number of hydrogen-bond acceptors (Lipinski definition) is 8. The van der Waals surface area contributed by atoms with E-state index >= 15 is 0 Å². The fraction of sp³-hybridized carbons (Fsp3) is 0.762. The Kier molecular flexibility index (Phi) is 5.19. The molecule has 0 aliphatic carbocycles. The number of carbonyl (C=O) groups excluding carboxylic acids is 1. The van der Waals surface area contributed by atoms with Crippen molar-refractivity contribution >= 4 is 17.7 Å². The van der Waals surface area contributed by atoms with Crippen molar-refractivity contribution in [1.82, 2.24) is 19.6 Å². The number of amidine groups is 1. The average molecular weight is 433 g/mol. The predicted molar refractivity (Wildman–Crippen MR) is 114 cm³/mol. The molecule has 0 aromatic carbocycles. The van der Waals surface area contributed by atoms with Crippen molar-refractivity contribution in [3.63, 3.8) is 0 Å². The van der Waals surface area contributed by atoms with E-state index in [0.717, 1.165) is 57.2 Å². The van der Waals surface area contributed by atoms with E-state index < -0.39 is 5.60 Å². The minimum absolute atomic E-state index is 0.00743. The van der Waals surface area contributed by atoms with Gasteiger partial charge in [0, 0.05) is 31.7 Å². The van der Waals surface area contributed by atoms with Crippen LogP contribution >= 0.6 is 0 Å². The molecule has 10 heteroatoms. The summed E-state index contributed by atoms with van der Waals surface area (Å²) in [6.45, 7) is 9.86. The van der Waals surface area contributed by atoms with Crippen LogP contribution in [0, 0.1) is 0 Å². The van der Waals surface area contributed by atoms with Gasteiger partial charge >= 0.3 is 6.09 Å².